The van der Waals surface area contributed by atoms with Gasteiger partial charge in [0.05, 0.1) is 19.3 Å². The summed E-state index contributed by atoms with van der Waals surface area (Å²) >= 11 is 1.53. The highest BCUT2D eigenvalue weighted by Gasteiger charge is 2.34. The molecular formula is C27H37NO4S. The van der Waals surface area contributed by atoms with Crippen LogP contribution in [0.2, 0.25) is 0 Å². The zero-order valence-electron chi connectivity index (χ0n) is 20.6. The van der Waals surface area contributed by atoms with Crippen molar-refractivity contribution in [3.05, 3.63) is 45.8 Å². The number of amides is 1. The maximum absolute atomic E-state index is 12.6. The topological polar surface area (TPSA) is 64.6 Å². The fourth-order valence-electron chi connectivity index (χ4n) is 4.38. The van der Waals surface area contributed by atoms with Crippen LogP contribution in [0.4, 0.5) is 5.00 Å². The highest BCUT2D eigenvalue weighted by atomic mass is 32.1. The number of rotatable bonds is 9. The van der Waals surface area contributed by atoms with E-state index >= 15 is 0 Å². The maximum Gasteiger partial charge on any atom is 0.341 e. The molecule has 1 N–H and O–H groups in total. The minimum Gasteiger partial charge on any atom is -0.494 e. The van der Waals surface area contributed by atoms with Crippen molar-refractivity contribution in [1.82, 2.24) is 0 Å². The van der Waals surface area contributed by atoms with Gasteiger partial charge in [-0.3, -0.25) is 4.79 Å². The first-order chi connectivity index (χ1) is 15.7. The van der Waals surface area contributed by atoms with Crippen molar-refractivity contribution in [3.8, 4) is 5.75 Å². The van der Waals surface area contributed by atoms with Gasteiger partial charge in [0, 0.05) is 11.3 Å². The van der Waals surface area contributed by atoms with Gasteiger partial charge in [0.15, 0.2) is 0 Å². The molecule has 33 heavy (non-hydrogen) atoms. The number of carbonyl (C=O) groups excluding carboxylic acids is 2. The second kappa shape index (κ2) is 11.2. The number of benzene rings is 1. The molecule has 0 fully saturated rings. The molecule has 0 bridgehead atoms. The van der Waals surface area contributed by atoms with E-state index in [0.717, 1.165) is 43.4 Å². The van der Waals surface area contributed by atoms with Gasteiger partial charge < -0.3 is 14.8 Å². The third-order valence-electron chi connectivity index (χ3n) is 6.41. The summed E-state index contributed by atoms with van der Waals surface area (Å²) in [5, 5.41) is 3.60. The van der Waals surface area contributed by atoms with E-state index in [2.05, 4.69) is 45.1 Å². The van der Waals surface area contributed by atoms with Crippen molar-refractivity contribution in [2.24, 2.45) is 11.3 Å². The van der Waals surface area contributed by atoms with Gasteiger partial charge in [-0.25, -0.2) is 4.79 Å². The molecule has 6 heteroatoms. The van der Waals surface area contributed by atoms with Gasteiger partial charge in [0.1, 0.15) is 10.8 Å². The average Bonchev–Trinajstić information content (AvgIpc) is 3.13. The zero-order valence-corrected chi connectivity index (χ0v) is 21.4. The van der Waals surface area contributed by atoms with E-state index in [1.165, 1.54) is 28.9 Å². The lowest BCUT2D eigenvalue weighted by Crippen LogP contribution is -2.26. The summed E-state index contributed by atoms with van der Waals surface area (Å²) in [4.78, 5) is 26.4. The van der Waals surface area contributed by atoms with Crippen LogP contribution in [0.3, 0.4) is 0 Å². The Morgan fingerprint density at radius 3 is 2.55 bits per heavy atom. The molecule has 1 heterocycles. The van der Waals surface area contributed by atoms with E-state index < -0.39 is 0 Å². The Hall–Kier alpha value is -2.34. The molecule has 1 aromatic carbocycles. The molecule has 0 aliphatic heterocycles. The van der Waals surface area contributed by atoms with Gasteiger partial charge in [-0.1, -0.05) is 46.2 Å². The summed E-state index contributed by atoms with van der Waals surface area (Å²) in [6.45, 7) is 9.43. The average molecular weight is 472 g/mol. The Balaban J connectivity index is 1.57. The van der Waals surface area contributed by atoms with Crippen LogP contribution in [-0.4, -0.2) is 25.6 Å². The van der Waals surface area contributed by atoms with Crippen LogP contribution in [0.25, 0.3) is 0 Å². The van der Waals surface area contributed by atoms with Crippen LogP contribution >= 0.6 is 11.3 Å². The lowest BCUT2D eigenvalue weighted by Gasteiger charge is -2.33. The number of carbonyl (C=O) groups is 2. The summed E-state index contributed by atoms with van der Waals surface area (Å²) in [5.41, 5.74) is 3.12. The number of esters is 1. The Morgan fingerprint density at radius 1 is 1.18 bits per heavy atom. The SMILES string of the molecule is CCCc1ccc(OCCCC(=O)Nc2sc3c(c2C(=O)OC)CCC(C(C)(C)C)C3)cc1. The van der Waals surface area contributed by atoms with Crippen molar-refractivity contribution in [3.63, 3.8) is 0 Å². The molecule has 1 amide bonds. The molecule has 180 valence electrons. The normalized spacial score (nSPS) is 15.6. The van der Waals surface area contributed by atoms with Gasteiger partial charge in [0.25, 0.3) is 0 Å². The summed E-state index contributed by atoms with van der Waals surface area (Å²) in [7, 11) is 1.39. The molecule has 1 atom stereocenters. The van der Waals surface area contributed by atoms with Gasteiger partial charge in [-0.15, -0.1) is 11.3 Å². The van der Waals surface area contributed by atoms with Crippen LogP contribution in [0.15, 0.2) is 24.3 Å². The number of thiophene rings is 1. The van der Waals surface area contributed by atoms with Gasteiger partial charge in [-0.2, -0.15) is 0 Å². The number of fused-ring (bicyclic) bond motifs is 1. The van der Waals surface area contributed by atoms with E-state index in [9.17, 15) is 9.59 Å². The number of nitrogens with one attached hydrogen (secondary N) is 1. The second-order valence-corrected chi connectivity index (χ2v) is 11.0. The highest BCUT2D eigenvalue weighted by molar-refractivity contribution is 7.17. The molecule has 0 spiro atoms. The first-order valence-corrected chi connectivity index (χ1v) is 12.8. The third kappa shape index (κ3) is 6.59. The molecule has 2 aromatic rings. The van der Waals surface area contributed by atoms with Gasteiger partial charge in [-0.05, 0) is 66.7 Å². The molecule has 0 radical (unpaired) electrons. The lowest BCUT2D eigenvalue weighted by atomic mass is 9.72. The van der Waals surface area contributed by atoms with E-state index in [4.69, 9.17) is 9.47 Å². The molecule has 1 aromatic heterocycles. The largest absolute Gasteiger partial charge is 0.494 e. The molecule has 0 saturated carbocycles. The number of anilines is 1. The number of hydrogen-bond acceptors (Lipinski definition) is 5. The van der Waals surface area contributed by atoms with E-state index in [0.29, 0.717) is 35.9 Å². The maximum atomic E-state index is 12.6. The summed E-state index contributed by atoms with van der Waals surface area (Å²) < 4.78 is 10.8. The van der Waals surface area contributed by atoms with Gasteiger partial charge >= 0.3 is 5.97 Å². The summed E-state index contributed by atoms with van der Waals surface area (Å²) in [6.07, 6.45) is 5.96. The van der Waals surface area contributed by atoms with Crippen molar-refractivity contribution in [2.75, 3.05) is 19.0 Å². The third-order valence-corrected chi connectivity index (χ3v) is 7.58. The fourth-order valence-corrected chi connectivity index (χ4v) is 5.72. The van der Waals surface area contributed by atoms with E-state index in [-0.39, 0.29) is 17.3 Å². The lowest BCUT2D eigenvalue weighted by molar-refractivity contribution is -0.116. The Morgan fingerprint density at radius 2 is 1.91 bits per heavy atom. The predicted octanol–water partition coefficient (Wildman–Crippen LogP) is 6.44. The number of ether oxygens (including phenoxy) is 2. The molecular weight excluding hydrogens is 434 g/mol. The first kappa shape index (κ1) is 25.3. The summed E-state index contributed by atoms with van der Waals surface area (Å²) in [6, 6.07) is 8.13. The molecule has 1 aliphatic rings. The monoisotopic (exact) mass is 471 g/mol. The number of aryl methyl sites for hydroxylation is 1. The summed E-state index contributed by atoms with van der Waals surface area (Å²) in [5.74, 6) is 0.910. The van der Waals surface area contributed by atoms with Crippen LogP contribution in [-0.2, 0) is 28.8 Å². The first-order valence-electron chi connectivity index (χ1n) is 12.0. The quantitative estimate of drug-likeness (QED) is 0.338. The number of methoxy groups -OCH3 is 1. The van der Waals surface area contributed by atoms with Crippen LogP contribution in [0.1, 0.15) is 79.7 Å². The van der Waals surface area contributed by atoms with Crippen molar-refractivity contribution < 1.29 is 19.1 Å². The zero-order chi connectivity index (χ0) is 24.0. The molecule has 1 unspecified atom stereocenters. The van der Waals surface area contributed by atoms with E-state index in [1.807, 2.05) is 12.1 Å². The molecule has 3 rings (SSSR count). The standard InChI is InChI=1S/C27H37NO4S/c1-6-8-18-10-13-20(14-11-18)32-16-7-9-23(29)28-25-24(26(30)31-5)21-15-12-19(27(2,3)4)17-22(21)33-25/h10-11,13-14,19H,6-9,12,15-17H2,1-5H3,(H,28,29). The van der Waals surface area contributed by atoms with Crippen LogP contribution in [0, 0.1) is 11.3 Å². The van der Waals surface area contributed by atoms with Crippen molar-refractivity contribution in [1.29, 1.82) is 0 Å². The Bertz CT molecular complexity index is 956. The molecule has 0 saturated heterocycles. The molecule has 1 aliphatic carbocycles. The second-order valence-electron chi connectivity index (χ2n) is 9.90. The van der Waals surface area contributed by atoms with Crippen molar-refractivity contribution in [2.45, 2.75) is 72.6 Å². The number of hydrogen-bond donors (Lipinski definition) is 1. The van der Waals surface area contributed by atoms with E-state index in [1.54, 1.807) is 0 Å². The highest BCUT2D eigenvalue weighted by Crippen LogP contribution is 2.44. The Labute approximate surface area is 201 Å². The van der Waals surface area contributed by atoms with Crippen molar-refractivity contribution >= 4 is 28.2 Å². The van der Waals surface area contributed by atoms with Gasteiger partial charge in [0.2, 0.25) is 5.91 Å². The Kier molecular flexibility index (Phi) is 8.57. The minimum atomic E-state index is -0.369. The predicted molar refractivity (Wildman–Crippen MR) is 134 cm³/mol. The van der Waals surface area contributed by atoms with Crippen LogP contribution < -0.4 is 10.1 Å². The fraction of sp³-hybridized carbons (Fsp3) is 0.556. The van der Waals surface area contributed by atoms with Crippen LogP contribution in [0.5, 0.6) is 5.75 Å². The molecule has 5 nitrogen and oxygen atoms in total. The smallest absolute Gasteiger partial charge is 0.341 e. The minimum absolute atomic E-state index is 0.104.